The van der Waals surface area contributed by atoms with Gasteiger partial charge in [-0.2, -0.15) is 5.10 Å². The van der Waals surface area contributed by atoms with Gasteiger partial charge in [-0.15, -0.1) is 0 Å². The maximum absolute atomic E-state index is 5.42. The third-order valence-electron chi connectivity index (χ3n) is 11.3. The van der Waals surface area contributed by atoms with Gasteiger partial charge in [-0.05, 0) is 51.4 Å². The maximum Gasteiger partial charge on any atom is 0.164 e. The number of benzene rings is 8. The molecule has 0 fully saturated rings. The summed E-state index contributed by atoms with van der Waals surface area (Å²) in [6.45, 7) is 0. The molecule has 0 saturated carbocycles. The van der Waals surface area contributed by atoms with Crippen LogP contribution in [0.4, 0.5) is 0 Å². The number of hydrogen-bond donors (Lipinski definition) is 0. The molecule has 5 nitrogen and oxygen atoms in total. The van der Waals surface area contributed by atoms with E-state index in [1.807, 2.05) is 60.7 Å². The lowest BCUT2D eigenvalue weighted by Crippen LogP contribution is -2.00. The van der Waals surface area contributed by atoms with Crippen LogP contribution in [0.2, 0.25) is 0 Å². The lowest BCUT2D eigenvalue weighted by molar-refractivity contribution is 0.979. The van der Waals surface area contributed by atoms with Crippen LogP contribution >= 0.6 is 0 Å². The highest BCUT2D eigenvalue weighted by Gasteiger charge is 2.23. The molecular weight excluding hydrogens is 743 g/mol. The first-order chi connectivity index (χ1) is 30.2. The molecule has 0 aliphatic rings. The average molecular weight is 780 g/mol. The highest BCUT2D eigenvalue weighted by atomic mass is 15.2. The summed E-state index contributed by atoms with van der Waals surface area (Å²) >= 11 is 0. The fourth-order valence-corrected chi connectivity index (χ4v) is 8.35. The molecule has 0 amide bonds. The minimum absolute atomic E-state index is 0.627. The second-order valence-corrected chi connectivity index (χ2v) is 15.1. The zero-order valence-corrected chi connectivity index (χ0v) is 33.1. The van der Waals surface area contributed by atoms with Crippen LogP contribution in [0.25, 0.3) is 106 Å². The highest BCUT2D eigenvalue weighted by molar-refractivity contribution is 6.12. The summed E-state index contributed by atoms with van der Waals surface area (Å²) in [5, 5.41) is 7.71. The molecule has 3 heterocycles. The summed E-state index contributed by atoms with van der Waals surface area (Å²) < 4.78 is 2.15. The average Bonchev–Trinajstić information content (AvgIpc) is 3.76. The van der Waals surface area contributed by atoms with Crippen LogP contribution in [0.5, 0.6) is 0 Å². The number of pyridine rings is 1. The van der Waals surface area contributed by atoms with Crippen molar-refractivity contribution in [3.05, 3.63) is 224 Å². The largest absolute Gasteiger partial charge is 0.231 e. The molecule has 8 aromatic carbocycles. The van der Waals surface area contributed by atoms with Gasteiger partial charge in [0.05, 0.1) is 11.2 Å². The van der Waals surface area contributed by atoms with E-state index in [2.05, 4.69) is 168 Å². The van der Waals surface area contributed by atoms with Gasteiger partial charge in [0, 0.05) is 38.8 Å². The van der Waals surface area contributed by atoms with Gasteiger partial charge in [0.1, 0.15) is 5.69 Å². The molecule has 286 valence electrons. The van der Waals surface area contributed by atoms with Crippen molar-refractivity contribution in [2.75, 3.05) is 0 Å². The van der Waals surface area contributed by atoms with E-state index < -0.39 is 0 Å². The summed E-state index contributed by atoms with van der Waals surface area (Å²) in [6, 6.07) is 78.2. The topological polar surface area (TPSA) is 56.0 Å². The normalized spacial score (nSPS) is 11.3. The van der Waals surface area contributed by atoms with Crippen LogP contribution in [0.15, 0.2) is 224 Å². The molecule has 0 N–H and O–H groups in total. The standard InChI is InChI=1S/C56H37N5/c1-6-19-38(20-7-1)50-37-49-47(33-18-34-48(49)53-51(39-21-8-2-9-22-39)52(60-61(50)53)40-23-10-3-11-24-40)45-31-16-29-43(35-45)44-30-17-32-46(36-44)56-58-54(41-25-12-4-13-26-41)57-55(59-56)42-27-14-5-15-28-42/h1-37H. The van der Waals surface area contributed by atoms with Crippen molar-refractivity contribution >= 4 is 16.3 Å². The van der Waals surface area contributed by atoms with Crippen LogP contribution in [-0.4, -0.2) is 24.6 Å². The Morgan fingerprint density at radius 3 is 1.30 bits per heavy atom. The fraction of sp³-hybridized carbons (Fsp3) is 0. The van der Waals surface area contributed by atoms with Gasteiger partial charge < -0.3 is 0 Å². The van der Waals surface area contributed by atoms with Crippen LogP contribution in [0.3, 0.4) is 0 Å². The van der Waals surface area contributed by atoms with E-state index in [1.54, 1.807) is 0 Å². The highest BCUT2D eigenvalue weighted by Crippen LogP contribution is 2.43. The van der Waals surface area contributed by atoms with Gasteiger partial charge in [0.2, 0.25) is 0 Å². The van der Waals surface area contributed by atoms with Crippen molar-refractivity contribution in [3.8, 4) is 90.1 Å². The molecule has 11 aromatic rings. The summed E-state index contributed by atoms with van der Waals surface area (Å²) in [4.78, 5) is 14.9. The smallest absolute Gasteiger partial charge is 0.164 e. The zero-order valence-electron chi connectivity index (χ0n) is 33.1. The Bertz CT molecular complexity index is 3270. The van der Waals surface area contributed by atoms with Gasteiger partial charge in [0.15, 0.2) is 17.5 Å². The van der Waals surface area contributed by atoms with Crippen molar-refractivity contribution < 1.29 is 0 Å². The van der Waals surface area contributed by atoms with E-state index in [0.717, 1.165) is 88.9 Å². The fourth-order valence-electron chi connectivity index (χ4n) is 8.35. The Hall–Kier alpha value is -8.28. The summed E-state index contributed by atoms with van der Waals surface area (Å²) in [6.07, 6.45) is 0. The molecule has 0 bridgehead atoms. The summed E-state index contributed by atoms with van der Waals surface area (Å²) in [5.74, 6) is 1.91. The summed E-state index contributed by atoms with van der Waals surface area (Å²) in [7, 11) is 0. The molecule has 61 heavy (non-hydrogen) atoms. The van der Waals surface area contributed by atoms with Crippen LogP contribution in [0.1, 0.15) is 0 Å². The van der Waals surface area contributed by atoms with Crippen LogP contribution < -0.4 is 0 Å². The third kappa shape index (κ3) is 6.74. The van der Waals surface area contributed by atoms with E-state index >= 15 is 0 Å². The van der Waals surface area contributed by atoms with Crippen LogP contribution in [0, 0.1) is 0 Å². The van der Waals surface area contributed by atoms with Gasteiger partial charge in [-0.25, -0.2) is 19.5 Å². The Labute approximate surface area is 354 Å². The predicted octanol–water partition coefficient (Wildman–Crippen LogP) is 14.0. The SMILES string of the molecule is c1ccc(-c2nc(-c3ccccc3)nc(-c3cccc(-c4cccc(-c5cccc6c5cc(-c5ccccc5)n5nc(-c7ccccc7)c(-c7ccccc7)c65)c4)c3)n2)cc1. The van der Waals surface area contributed by atoms with Gasteiger partial charge in [-0.1, -0.05) is 206 Å². The molecule has 0 unspecified atom stereocenters. The molecule has 0 spiro atoms. The van der Waals surface area contributed by atoms with Crippen molar-refractivity contribution in [2.24, 2.45) is 0 Å². The minimum Gasteiger partial charge on any atom is -0.231 e. The number of nitrogens with zero attached hydrogens (tertiary/aromatic N) is 5. The first-order valence-corrected chi connectivity index (χ1v) is 20.5. The first-order valence-electron chi connectivity index (χ1n) is 20.5. The van der Waals surface area contributed by atoms with Gasteiger partial charge in [-0.3, -0.25) is 0 Å². The molecule has 0 aliphatic heterocycles. The molecule has 5 heteroatoms. The van der Waals surface area contributed by atoms with Crippen molar-refractivity contribution in [1.82, 2.24) is 24.6 Å². The predicted molar refractivity (Wildman–Crippen MR) is 250 cm³/mol. The molecule has 0 radical (unpaired) electrons. The molecular formula is C56H37N5. The Morgan fingerprint density at radius 1 is 0.295 bits per heavy atom. The minimum atomic E-state index is 0.627. The van der Waals surface area contributed by atoms with Crippen molar-refractivity contribution in [1.29, 1.82) is 0 Å². The lowest BCUT2D eigenvalue weighted by atomic mass is 9.92. The molecule has 0 atom stereocenters. The van der Waals surface area contributed by atoms with Crippen molar-refractivity contribution in [3.63, 3.8) is 0 Å². The number of aromatic nitrogens is 5. The van der Waals surface area contributed by atoms with Crippen molar-refractivity contribution in [2.45, 2.75) is 0 Å². The second kappa shape index (κ2) is 15.5. The van der Waals surface area contributed by atoms with Crippen LogP contribution in [-0.2, 0) is 0 Å². The monoisotopic (exact) mass is 779 g/mol. The number of fused-ring (bicyclic) bond motifs is 3. The first kappa shape index (κ1) is 35.8. The Morgan fingerprint density at radius 2 is 0.721 bits per heavy atom. The number of hydrogen-bond acceptors (Lipinski definition) is 4. The van der Waals surface area contributed by atoms with E-state index in [1.165, 1.54) is 0 Å². The molecule has 11 rings (SSSR count). The molecule has 0 saturated heterocycles. The zero-order chi connectivity index (χ0) is 40.5. The molecule has 3 aromatic heterocycles. The van der Waals surface area contributed by atoms with Gasteiger partial charge in [0.25, 0.3) is 0 Å². The van der Waals surface area contributed by atoms with E-state index in [-0.39, 0.29) is 0 Å². The van der Waals surface area contributed by atoms with E-state index in [0.29, 0.717) is 17.5 Å². The van der Waals surface area contributed by atoms with E-state index in [4.69, 9.17) is 20.1 Å². The quantitative estimate of drug-likeness (QED) is 0.154. The summed E-state index contributed by atoms with van der Waals surface area (Å²) in [5.41, 5.74) is 14.7. The maximum atomic E-state index is 5.42. The lowest BCUT2D eigenvalue weighted by Gasteiger charge is -2.15. The number of rotatable bonds is 8. The van der Waals surface area contributed by atoms with E-state index in [9.17, 15) is 0 Å². The third-order valence-corrected chi connectivity index (χ3v) is 11.3. The van der Waals surface area contributed by atoms with Gasteiger partial charge >= 0.3 is 0 Å². The Kier molecular flexibility index (Phi) is 9.10. The molecule has 0 aliphatic carbocycles. The Balaban J connectivity index is 1.08. The second-order valence-electron chi connectivity index (χ2n) is 15.1.